The van der Waals surface area contributed by atoms with E-state index in [0.717, 1.165) is 71.8 Å². The molecular formula is C35H40N6O3. The van der Waals surface area contributed by atoms with Crippen LogP contribution in [-0.4, -0.2) is 57.4 Å². The molecule has 1 aliphatic rings. The van der Waals surface area contributed by atoms with Gasteiger partial charge in [0.1, 0.15) is 17.3 Å². The second kappa shape index (κ2) is 13.3. The van der Waals surface area contributed by atoms with Crippen molar-refractivity contribution < 1.29 is 14.3 Å². The summed E-state index contributed by atoms with van der Waals surface area (Å²) in [5, 5.41) is 10.8. The number of nitrogens with zero attached hydrogens (tertiary/aromatic N) is 4. The number of ether oxygens (including phenoxy) is 2. The van der Waals surface area contributed by atoms with Crippen LogP contribution >= 0.6 is 0 Å². The van der Waals surface area contributed by atoms with E-state index in [4.69, 9.17) is 25.4 Å². The number of fused-ring (bicyclic) bond motifs is 1. The summed E-state index contributed by atoms with van der Waals surface area (Å²) in [6.45, 7) is 1.28. The molecule has 0 saturated carbocycles. The van der Waals surface area contributed by atoms with Gasteiger partial charge in [0, 0.05) is 35.2 Å². The van der Waals surface area contributed by atoms with Crippen LogP contribution in [0.15, 0.2) is 79.0 Å². The van der Waals surface area contributed by atoms with Crippen LogP contribution in [0.3, 0.4) is 0 Å². The monoisotopic (exact) mass is 592 g/mol. The van der Waals surface area contributed by atoms with E-state index in [2.05, 4.69) is 63.1 Å². The summed E-state index contributed by atoms with van der Waals surface area (Å²) in [5.74, 6) is 2.89. The summed E-state index contributed by atoms with van der Waals surface area (Å²) in [6, 6.07) is 24.0. The number of likely N-dealkylation sites (tertiary alicyclic amines) is 1. The maximum Gasteiger partial charge on any atom is 0.234 e. The molecule has 1 amide bonds. The van der Waals surface area contributed by atoms with Crippen molar-refractivity contribution in [2.24, 2.45) is 5.73 Å². The molecule has 1 fully saturated rings. The van der Waals surface area contributed by atoms with Crippen LogP contribution in [0.2, 0.25) is 0 Å². The number of primary amides is 1. The van der Waals surface area contributed by atoms with Gasteiger partial charge in [-0.15, -0.1) is 10.2 Å². The van der Waals surface area contributed by atoms with Gasteiger partial charge < -0.3 is 24.8 Å². The first-order valence-electron chi connectivity index (χ1n) is 15.3. The van der Waals surface area contributed by atoms with Crippen molar-refractivity contribution >= 4 is 16.8 Å². The Bertz CT molecular complexity index is 1710. The number of nitrogens with two attached hydrogens (primary N) is 1. The number of methoxy groups -OCH3 is 2. The maximum absolute atomic E-state index is 12.8. The van der Waals surface area contributed by atoms with Crippen molar-refractivity contribution in [2.45, 2.75) is 57.2 Å². The number of H-pyrrole nitrogens is 1. The van der Waals surface area contributed by atoms with Gasteiger partial charge in [-0.05, 0) is 61.6 Å². The van der Waals surface area contributed by atoms with Crippen molar-refractivity contribution in [3.8, 4) is 11.5 Å². The molecule has 2 atom stereocenters. The van der Waals surface area contributed by atoms with Crippen LogP contribution < -0.4 is 15.2 Å². The van der Waals surface area contributed by atoms with Gasteiger partial charge in [0.15, 0.2) is 5.82 Å². The molecule has 9 heteroatoms. The molecule has 2 aromatic heterocycles. The minimum absolute atomic E-state index is 0.214. The molecule has 1 saturated heterocycles. The Morgan fingerprint density at radius 3 is 2.59 bits per heavy atom. The van der Waals surface area contributed by atoms with E-state index in [0.29, 0.717) is 19.4 Å². The minimum atomic E-state index is -0.368. The zero-order chi connectivity index (χ0) is 30.5. The molecule has 3 aromatic carbocycles. The standard InChI is InChI=1S/C35H40N6O3/c1-43-27-17-16-25(32(21-27)44-2)23-41-33(18-15-24-10-4-3-5-11-24)38-39-35(41)31(40-19-9-8-14-30(40)34(36)42)20-26-22-37-29-13-7-6-12-28(26)29/h3-7,10-13,16-17,21-22,30-31,37H,8-9,14-15,18-20,23H2,1-2H3,(H2,36,42)/t30-,31-/m1/s1. The fourth-order valence-corrected chi connectivity index (χ4v) is 6.50. The van der Waals surface area contributed by atoms with Gasteiger partial charge in [-0.25, -0.2) is 0 Å². The summed E-state index contributed by atoms with van der Waals surface area (Å²) >= 11 is 0. The average Bonchev–Trinajstić information content (AvgIpc) is 3.66. The number of hydrogen-bond donors (Lipinski definition) is 2. The number of piperidine rings is 1. The lowest BCUT2D eigenvalue weighted by atomic mass is 9.95. The Hall–Kier alpha value is -4.63. The summed E-state index contributed by atoms with van der Waals surface area (Å²) in [5.41, 5.74) is 10.5. The first-order valence-corrected chi connectivity index (χ1v) is 15.3. The number of aromatic nitrogens is 4. The molecule has 0 unspecified atom stereocenters. The normalized spacial score (nSPS) is 16.2. The van der Waals surface area contributed by atoms with E-state index in [1.165, 1.54) is 11.1 Å². The largest absolute Gasteiger partial charge is 0.497 e. The van der Waals surface area contributed by atoms with Crippen LogP contribution in [0, 0.1) is 0 Å². The topological polar surface area (TPSA) is 111 Å². The first kappa shape index (κ1) is 29.4. The molecule has 44 heavy (non-hydrogen) atoms. The van der Waals surface area contributed by atoms with Crippen molar-refractivity contribution in [1.82, 2.24) is 24.6 Å². The number of hydrogen-bond acceptors (Lipinski definition) is 6. The van der Waals surface area contributed by atoms with Crippen molar-refractivity contribution in [3.05, 3.63) is 107 Å². The second-order valence-corrected chi connectivity index (χ2v) is 11.5. The fourth-order valence-electron chi connectivity index (χ4n) is 6.50. The van der Waals surface area contributed by atoms with Crippen LogP contribution in [0.4, 0.5) is 0 Å². The van der Waals surface area contributed by atoms with Crippen LogP contribution in [0.1, 0.15) is 53.6 Å². The highest BCUT2D eigenvalue weighted by molar-refractivity contribution is 5.83. The third kappa shape index (κ3) is 6.19. The second-order valence-electron chi connectivity index (χ2n) is 11.5. The third-order valence-corrected chi connectivity index (χ3v) is 8.82. The number of amides is 1. The number of nitrogens with one attached hydrogen (secondary N) is 1. The SMILES string of the molecule is COc1ccc(Cn2c(CCc3ccccc3)nnc2[C@@H](Cc2c[nH]c3ccccc23)N2CCCC[C@@H]2C(N)=O)c(OC)c1. The van der Waals surface area contributed by atoms with E-state index in [-0.39, 0.29) is 18.0 Å². The lowest BCUT2D eigenvalue weighted by Gasteiger charge is -2.39. The number of carbonyl (C=O) groups is 1. The lowest BCUT2D eigenvalue weighted by Crippen LogP contribution is -2.50. The molecule has 3 N–H and O–H groups in total. The summed E-state index contributed by atoms with van der Waals surface area (Å²) in [4.78, 5) is 18.5. The van der Waals surface area contributed by atoms with E-state index < -0.39 is 0 Å². The molecule has 5 aromatic rings. The van der Waals surface area contributed by atoms with E-state index in [9.17, 15) is 4.79 Å². The van der Waals surface area contributed by atoms with Gasteiger partial charge in [0.2, 0.25) is 5.91 Å². The zero-order valence-corrected chi connectivity index (χ0v) is 25.4. The summed E-state index contributed by atoms with van der Waals surface area (Å²) in [6.07, 6.45) is 6.99. The number of rotatable bonds is 12. The molecule has 1 aliphatic heterocycles. The summed E-state index contributed by atoms with van der Waals surface area (Å²) in [7, 11) is 3.32. The summed E-state index contributed by atoms with van der Waals surface area (Å²) < 4.78 is 13.5. The molecule has 228 valence electrons. The lowest BCUT2D eigenvalue weighted by molar-refractivity contribution is -0.125. The van der Waals surface area contributed by atoms with Gasteiger partial charge >= 0.3 is 0 Å². The van der Waals surface area contributed by atoms with Crippen molar-refractivity contribution in [1.29, 1.82) is 0 Å². The molecule has 0 bridgehead atoms. The average molecular weight is 593 g/mol. The molecule has 0 radical (unpaired) electrons. The van der Waals surface area contributed by atoms with E-state index >= 15 is 0 Å². The van der Waals surface area contributed by atoms with Crippen LogP contribution in [0.25, 0.3) is 10.9 Å². The zero-order valence-electron chi connectivity index (χ0n) is 25.4. The number of carbonyl (C=O) groups excluding carboxylic acids is 1. The third-order valence-electron chi connectivity index (χ3n) is 8.82. The van der Waals surface area contributed by atoms with Crippen LogP contribution in [0.5, 0.6) is 11.5 Å². The Morgan fingerprint density at radius 2 is 1.80 bits per heavy atom. The van der Waals surface area contributed by atoms with Gasteiger partial charge in [0.05, 0.1) is 32.8 Å². The Balaban J connectivity index is 1.45. The van der Waals surface area contributed by atoms with Crippen LogP contribution in [-0.2, 0) is 30.6 Å². The maximum atomic E-state index is 12.8. The smallest absolute Gasteiger partial charge is 0.234 e. The Morgan fingerprint density at radius 1 is 0.977 bits per heavy atom. The highest BCUT2D eigenvalue weighted by atomic mass is 16.5. The first-order chi connectivity index (χ1) is 21.6. The highest BCUT2D eigenvalue weighted by Gasteiger charge is 2.36. The number of aryl methyl sites for hydroxylation is 2. The molecule has 9 nitrogen and oxygen atoms in total. The van der Waals surface area contributed by atoms with E-state index in [1.54, 1.807) is 14.2 Å². The number of para-hydroxylation sites is 1. The van der Waals surface area contributed by atoms with Crippen molar-refractivity contribution in [2.75, 3.05) is 20.8 Å². The highest BCUT2D eigenvalue weighted by Crippen LogP contribution is 2.34. The minimum Gasteiger partial charge on any atom is -0.497 e. The van der Waals surface area contributed by atoms with Gasteiger partial charge in [-0.1, -0.05) is 55.0 Å². The predicted molar refractivity (Wildman–Crippen MR) is 171 cm³/mol. The molecular weight excluding hydrogens is 552 g/mol. The van der Waals surface area contributed by atoms with Gasteiger partial charge in [-0.3, -0.25) is 9.69 Å². The molecule has 0 spiro atoms. The number of benzene rings is 3. The Kier molecular flexibility index (Phi) is 8.93. The van der Waals surface area contributed by atoms with Gasteiger partial charge in [-0.2, -0.15) is 0 Å². The predicted octanol–water partition coefficient (Wildman–Crippen LogP) is 5.23. The van der Waals surface area contributed by atoms with Crippen molar-refractivity contribution in [3.63, 3.8) is 0 Å². The van der Waals surface area contributed by atoms with Gasteiger partial charge in [0.25, 0.3) is 0 Å². The number of aromatic amines is 1. The fraction of sp³-hybridized carbons (Fsp3) is 0.343. The quantitative estimate of drug-likeness (QED) is 0.205. The van der Waals surface area contributed by atoms with E-state index in [1.807, 2.05) is 30.3 Å². The Labute approximate surface area is 258 Å². The molecule has 0 aliphatic carbocycles. The molecule has 6 rings (SSSR count). The molecule has 3 heterocycles.